The summed E-state index contributed by atoms with van der Waals surface area (Å²) in [5, 5.41) is 5.51. The molecule has 0 saturated heterocycles. The number of nitrogens with one attached hydrogen (secondary N) is 2. The average Bonchev–Trinajstić information content (AvgIpc) is 2.90. The first-order chi connectivity index (χ1) is 13.0. The van der Waals surface area contributed by atoms with Gasteiger partial charge in [0.1, 0.15) is 0 Å². The van der Waals surface area contributed by atoms with Crippen molar-refractivity contribution in [1.82, 2.24) is 10.6 Å². The molecule has 0 aromatic heterocycles. The van der Waals surface area contributed by atoms with Gasteiger partial charge in [-0.25, -0.2) is 4.79 Å². The van der Waals surface area contributed by atoms with Crippen molar-refractivity contribution in [2.24, 2.45) is 5.73 Å². The normalized spacial score (nSPS) is 17.2. The van der Waals surface area contributed by atoms with Crippen LogP contribution in [-0.4, -0.2) is 30.1 Å². The fourth-order valence-corrected chi connectivity index (χ4v) is 3.32. The van der Waals surface area contributed by atoms with E-state index in [-0.39, 0.29) is 18.4 Å². The van der Waals surface area contributed by atoms with E-state index in [2.05, 4.69) is 10.6 Å². The van der Waals surface area contributed by atoms with Crippen LogP contribution in [0, 0.1) is 0 Å². The Balaban J connectivity index is 1.87. The molecule has 0 aliphatic heterocycles. The summed E-state index contributed by atoms with van der Waals surface area (Å²) in [6.07, 6.45) is 5.55. The van der Waals surface area contributed by atoms with Crippen LogP contribution in [0.15, 0.2) is 30.3 Å². The van der Waals surface area contributed by atoms with Crippen LogP contribution in [0.3, 0.4) is 0 Å². The minimum atomic E-state index is -0.884. The first kappa shape index (κ1) is 20.7. The Morgan fingerprint density at radius 3 is 2.33 bits per heavy atom. The zero-order valence-electron chi connectivity index (χ0n) is 15.8. The second kappa shape index (κ2) is 10.5. The standard InChI is InChI=1S/C20H29N3O4/c1-14(19(25)22-16-11-7-2-3-8-12-16)27-18(24)13-17(23-20(21)26)15-9-5-4-6-10-15/h4-6,9-10,14,16-17H,2-3,7-8,11-13H2,1H3,(H,22,25)(H3,21,23,26)/t14-,17+/m0/s1. The van der Waals surface area contributed by atoms with Crippen molar-refractivity contribution >= 4 is 17.9 Å². The lowest BCUT2D eigenvalue weighted by atomic mass is 10.0. The van der Waals surface area contributed by atoms with Crippen LogP contribution < -0.4 is 16.4 Å². The lowest BCUT2D eigenvalue weighted by Crippen LogP contribution is -2.42. The number of rotatable bonds is 7. The molecule has 1 aromatic carbocycles. The Labute approximate surface area is 160 Å². The summed E-state index contributed by atoms with van der Waals surface area (Å²) in [5.41, 5.74) is 5.95. The molecule has 4 N–H and O–H groups in total. The number of carbonyl (C=O) groups is 3. The van der Waals surface area contributed by atoms with E-state index in [1.165, 1.54) is 12.8 Å². The molecular formula is C20H29N3O4. The molecule has 7 nitrogen and oxygen atoms in total. The van der Waals surface area contributed by atoms with Gasteiger partial charge in [0, 0.05) is 6.04 Å². The second-order valence-corrected chi connectivity index (χ2v) is 7.01. The highest BCUT2D eigenvalue weighted by Gasteiger charge is 2.24. The van der Waals surface area contributed by atoms with Crippen LogP contribution in [0.25, 0.3) is 0 Å². The van der Waals surface area contributed by atoms with E-state index in [0.29, 0.717) is 0 Å². The van der Waals surface area contributed by atoms with E-state index in [0.717, 1.165) is 31.2 Å². The quantitative estimate of drug-likeness (QED) is 0.502. The van der Waals surface area contributed by atoms with Gasteiger partial charge in [-0.1, -0.05) is 56.0 Å². The molecule has 1 saturated carbocycles. The lowest BCUT2D eigenvalue weighted by molar-refractivity contribution is -0.155. The maximum absolute atomic E-state index is 12.3. The van der Waals surface area contributed by atoms with Crippen molar-refractivity contribution < 1.29 is 19.1 Å². The van der Waals surface area contributed by atoms with Gasteiger partial charge in [0.15, 0.2) is 6.10 Å². The monoisotopic (exact) mass is 375 g/mol. The van der Waals surface area contributed by atoms with Crippen molar-refractivity contribution in [2.75, 3.05) is 0 Å². The molecule has 3 amide bonds. The highest BCUT2D eigenvalue weighted by atomic mass is 16.5. The number of carbonyl (C=O) groups excluding carboxylic acids is 3. The number of ether oxygens (including phenoxy) is 1. The van der Waals surface area contributed by atoms with Gasteiger partial charge in [-0.3, -0.25) is 9.59 Å². The molecule has 1 aromatic rings. The minimum Gasteiger partial charge on any atom is -0.452 e. The number of esters is 1. The third-order valence-corrected chi connectivity index (χ3v) is 4.77. The van der Waals surface area contributed by atoms with Gasteiger partial charge in [0.25, 0.3) is 5.91 Å². The van der Waals surface area contributed by atoms with Crippen molar-refractivity contribution in [3.8, 4) is 0 Å². The first-order valence-corrected chi connectivity index (χ1v) is 9.56. The zero-order chi connectivity index (χ0) is 19.6. The predicted octanol–water partition coefficient (Wildman–Crippen LogP) is 2.56. The van der Waals surface area contributed by atoms with Gasteiger partial charge in [0.2, 0.25) is 0 Å². The SMILES string of the molecule is C[C@H](OC(=O)C[C@@H](NC(N)=O)c1ccccc1)C(=O)NC1CCCCCC1. The fourth-order valence-electron chi connectivity index (χ4n) is 3.32. The van der Waals surface area contributed by atoms with Crippen LogP contribution in [0.4, 0.5) is 4.79 Å². The van der Waals surface area contributed by atoms with Gasteiger partial charge in [-0.15, -0.1) is 0 Å². The van der Waals surface area contributed by atoms with E-state index in [4.69, 9.17) is 10.5 Å². The van der Waals surface area contributed by atoms with Crippen molar-refractivity contribution in [2.45, 2.75) is 70.1 Å². The number of urea groups is 1. The topological polar surface area (TPSA) is 111 Å². The highest BCUT2D eigenvalue weighted by Crippen LogP contribution is 2.19. The summed E-state index contributed by atoms with van der Waals surface area (Å²) in [5.74, 6) is -0.851. The summed E-state index contributed by atoms with van der Waals surface area (Å²) in [6, 6.07) is 7.84. The summed E-state index contributed by atoms with van der Waals surface area (Å²) < 4.78 is 5.28. The molecule has 2 atom stereocenters. The minimum absolute atomic E-state index is 0.103. The summed E-state index contributed by atoms with van der Waals surface area (Å²) in [7, 11) is 0. The smallest absolute Gasteiger partial charge is 0.312 e. The van der Waals surface area contributed by atoms with Crippen LogP contribution >= 0.6 is 0 Å². The summed E-state index contributed by atoms with van der Waals surface area (Å²) >= 11 is 0. The van der Waals surface area contributed by atoms with Crippen molar-refractivity contribution in [3.63, 3.8) is 0 Å². The molecule has 0 bridgehead atoms. The molecule has 148 valence electrons. The molecule has 0 spiro atoms. The second-order valence-electron chi connectivity index (χ2n) is 7.01. The zero-order valence-corrected chi connectivity index (χ0v) is 15.8. The Morgan fingerprint density at radius 1 is 1.11 bits per heavy atom. The Bertz CT molecular complexity index is 627. The number of hydrogen-bond donors (Lipinski definition) is 3. The van der Waals surface area contributed by atoms with Crippen molar-refractivity contribution in [3.05, 3.63) is 35.9 Å². The number of primary amides is 1. The first-order valence-electron chi connectivity index (χ1n) is 9.56. The van der Waals surface area contributed by atoms with Gasteiger partial charge in [-0.05, 0) is 25.3 Å². The maximum Gasteiger partial charge on any atom is 0.312 e. The van der Waals surface area contributed by atoms with Gasteiger partial charge >= 0.3 is 12.0 Å². The Kier molecular flexibility index (Phi) is 8.10. The highest BCUT2D eigenvalue weighted by molar-refractivity contribution is 5.84. The fraction of sp³-hybridized carbons (Fsp3) is 0.550. The Morgan fingerprint density at radius 2 is 1.74 bits per heavy atom. The molecule has 1 fully saturated rings. The molecule has 0 radical (unpaired) electrons. The molecule has 1 aliphatic carbocycles. The van der Waals surface area contributed by atoms with Crippen molar-refractivity contribution in [1.29, 1.82) is 0 Å². The van der Waals surface area contributed by atoms with E-state index < -0.39 is 24.1 Å². The van der Waals surface area contributed by atoms with E-state index in [9.17, 15) is 14.4 Å². The molecule has 0 heterocycles. The lowest BCUT2D eigenvalue weighted by Gasteiger charge is -2.21. The third-order valence-electron chi connectivity index (χ3n) is 4.77. The molecule has 1 aliphatic rings. The Hall–Kier alpha value is -2.57. The van der Waals surface area contributed by atoms with Gasteiger partial charge in [-0.2, -0.15) is 0 Å². The largest absolute Gasteiger partial charge is 0.452 e. The molecule has 27 heavy (non-hydrogen) atoms. The molecular weight excluding hydrogens is 346 g/mol. The summed E-state index contributed by atoms with van der Waals surface area (Å²) in [4.78, 5) is 35.8. The van der Waals surface area contributed by atoms with Gasteiger partial charge in [0.05, 0.1) is 12.5 Å². The number of hydrogen-bond acceptors (Lipinski definition) is 4. The molecule has 0 unspecified atom stereocenters. The summed E-state index contributed by atoms with van der Waals surface area (Å²) in [6.45, 7) is 1.56. The number of nitrogens with two attached hydrogens (primary N) is 1. The van der Waals surface area contributed by atoms with Crippen LogP contribution in [-0.2, 0) is 14.3 Å². The average molecular weight is 375 g/mol. The predicted molar refractivity (Wildman–Crippen MR) is 102 cm³/mol. The van der Waals surface area contributed by atoms with Crippen LogP contribution in [0.2, 0.25) is 0 Å². The molecule has 7 heteroatoms. The third kappa shape index (κ3) is 7.29. The maximum atomic E-state index is 12.3. The van der Waals surface area contributed by atoms with Crippen LogP contribution in [0.1, 0.15) is 63.5 Å². The number of amides is 3. The van der Waals surface area contributed by atoms with E-state index >= 15 is 0 Å². The van der Waals surface area contributed by atoms with Gasteiger partial charge < -0.3 is 21.1 Å². The number of benzene rings is 1. The van der Waals surface area contributed by atoms with Crippen LogP contribution in [0.5, 0.6) is 0 Å². The van der Waals surface area contributed by atoms with E-state index in [1.54, 1.807) is 31.2 Å². The molecule has 2 rings (SSSR count). The van der Waals surface area contributed by atoms with E-state index in [1.807, 2.05) is 6.07 Å².